The van der Waals surface area contributed by atoms with Crippen LogP contribution in [-0.4, -0.2) is 38.6 Å². The van der Waals surface area contributed by atoms with Crippen LogP contribution in [0.5, 0.6) is 0 Å². The highest BCUT2D eigenvalue weighted by Crippen LogP contribution is 2.36. The van der Waals surface area contributed by atoms with Crippen LogP contribution >= 0.6 is 0 Å². The van der Waals surface area contributed by atoms with Crippen molar-refractivity contribution in [3.63, 3.8) is 0 Å². The summed E-state index contributed by atoms with van der Waals surface area (Å²) in [7, 11) is 0. The molecule has 8 aromatic rings. The van der Waals surface area contributed by atoms with Gasteiger partial charge in [0.15, 0.2) is 0 Å². The minimum absolute atomic E-state index is 0.741. The van der Waals surface area contributed by atoms with Crippen LogP contribution in [0.25, 0.3) is 64.6 Å². The Bertz CT molecular complexity index is 1950. The second-order valence-corrected chi connectivity index (χ2v) is 10.9. The molecule has 0 radical (unpaired) electrons. The third kappa shape index (κ3) is 4.26. The maximum atomic E-state index is 4.68. The maximum absolute atomic E-state index is 4.68. The minimum Gasteiger partial charge on any atom is -0.313 e. The van der Waals surface area contributed by atoms with Crippen LogP contribution in [0.3, 0.4) is 0 Å². The normalized spacial score (nSPS) is 12.7. The van der Waals surface area contributed by atoms with E-state index in [1.54, 1.807) is 0 Å². The Kier molecular flexibility index (Phi) is 5.82. The molecule has 8 rings (SSSR count). The number of nitrogens with zero attached hydrogens (tertiary/aromatic N) is 2. The van der Waals surface area contributed by atoms with Gasteiger partial charge in [-0.15, -0.1) is 0 Å². The third-order valence-electron chi connectivity index (χ3n) is 8.29. The predicted octanol–water partition coefficient (Wildman–Crippen LogP) is 8.61. The van der Waals surface area contributed by atoms with Crippen molar-refractivity contribution in [2.45, 2.75) is 0 Å². The Morgan fingerprint density at radius 3 is 1.10 bits per heavy atom. The molecule has 0 aliphatic carbocycles. The molecule has 0 fully saturated rings. The smallest absolute Gasteiger partial charge is 0.0514 e. The molecule has 0 saturated heterocycles. The van der Waals surface area contributed by atoms with Gasteiger partial charge in [0.25, 0.3) is 0 Å². The second kappa shape index (κ2) is 9.96. The number of nitrogens with one attached hydrogen (secondary N) is 1. The molecule has 0 aromatic heterocycles. The van der Waals surface area contributed by atoms with Gasteiger partial charge < -0.3 is 5.32 Å². The van der Waals surface area contributed by atoms with Crippen molar-refractivity contribution < 1.29 is 0 Å². The summed E-state index contributed by atoms with van der Waals surface area (Å²) in [6, 6.07) is 39.8. The Balaban J connectivity index is 0.879. The average molecular weight is 528 g/mol. The van der Waals surface area contributed by atoms with E-state index in [0.29, 0.717) is 0 Å². The second-order valence-electron chi connectivity index (χ2n) is 10.9. The third-order valence-corrected chi connectivity index (χ3v) is 8.29. The number of aliphatic imine (C=N–C) groups is 2. The van der Waals surface area contributed by atoms with Crippen molar-refractivity contribution in [2.75, 3.05) is 26.2 Å². The molecule has 0 aliphatic rings. The molecule has 0 unspecified atom stereocenters. The lowest BCUT2D eigenvalue weighted by Gasteiger charge is -2.11. The van der Waals surface area contributed by atoms with Gasteiger partial charge in [-0.2, -0.15) is 0 Å². The van der Waals surface area contributed by atoms with Crippen molar-refractivity contribution in [3.8, 4) is 0 Å². The van der Waals surface area contributed by atoms with Crippen LogP contribution in [0.15, 0.2) is 119 Å². The SMILES string of the molecule is C(=NCCNCCN=Cc1cc2ccc3cccc4ccc(c1)c2c34)c1cc2ccc3cccc4ccc(c1)c2c34. The van der Waals surface area contributed by atoms with Crippen LogP contribution in [0, 0.1) is 0 Å². The van der Waals surface area contributed by atoms with Gasteiger partial charge in [-0.25, -0.2) is 0 Å². The molecule has 0 aliphatic heterocycles. The van der Waals surface area contributed by atoms with Gasteiger partial charge in [0.05, 0.1) is 13.1 Å². The molecule has 0 amide bonds. The van der Waals surface area contributed by atoms with E-state index in [0.717, 1.165) is 37.3 Å². The highest BCUT2D eigenvalue weighted by molar-refractivity contribution is 6.24. The Labute approximate surface area is 238 Å². The summed E-state index contributed by atoms with van der Waals surface area (Å²) >= 11 is 0. The first-order chi connectivity index (χ1) is 20.3. The highest BCUT2D eigenvalue weighted by Gasteiger charge is 2.09. The number of hydrogen-bond acceptors (Lipinski definition) is 3. The monoisotopic (exact) mass is 527 g/mol. The Hall–Kier alpha value is -4.86. The molecule has 0 spiro atoms. The van der Waals surface area contributed by atoms with E-state index < -0.39 is 0 Å². The van der Waals surface area contributed by atoms with Crippen molar-refractivity contribution in [1.82, 2.24) is 5.32 Å². The molecule has 0 atom stereocenters. The van der Waals surface area contributed by atoms with Crippen LogP contribution in [0.1, 0.15) is 11.1 Å². The summed E-state index contributed by atoms with van der Waals surface area (Å²) in [5, 5.41) is 19.2. The van der Waals surface area contributed by atoms with Gasteiger partial charge in [-0.3, -0.25) is 9.98 Å². The standard InChI is InChI=1S/C38H29N3/c1-3-27-7-11-31-19-25(20-32-12-8-28(4-1)35(27)37(31)32)23-40-17-15-39-16-18-41-24-26-21-33-13-9-29-5-2-6-30-10-14-34(22-26)38(33)36(29)30/h1-14,19-24,39H,15-18H2. The lowest BCUT2D eigenvalue weighted by Crippen LogP contribution is -2.20. The molecule has 41 heavy (non-hydrogen) atoms. The van der Waals surface area contributed by atoms with Gasteiger partial charge in [-0.05, 0) is 100 Å². The van der Waals surface area contributed by atoms with E-state index in [9.17, 15) is 0 Å². The topological polar surface area (TPSA) is 36.8 Å². The lowest BCUT2D eigenvalue weighted by molar-refractivity contribution is 0.699. The minimum atomic E-state index is 0.741. The molecule has 1 N–H and O–H groups in total. The maximum Gasteiger partial charge on any atom is 0.0514 e. The van der Waals surface area contributed by atoms with E-state index in [4.69, 9.17) is 0 Å². The van der Waals surface area contributed by atoms with Crippen LogP contribution in [0.2, 0.25) is 0 Å². The summed E-state index contributed by atoms with van der Waals surface area (Å²) in [4.78, 5) is 9.37. The van der Waals surface area contributed by atoms with E-state index in [-0.39, 0.29) is 0 Å². The quantitative estimate of drug-likeness (QED) is 0.120. The molecule has 0 saturated carbocycles. The first-order valence-electron chi connectivity index (χ1n) is 14.4. The van der Waals surface area contributed by atoms with Crippen LogP contribution in [-0.2, 0) is 0 Å². The molecule has 0 heterocycles. The fourth-order valence-electron chi connectivity index (χ4n) is 6.46. The summed E-state index contributed by atoms with van der Waals surface area (Å²) in [6.07, 6.45) is 4.00. The highest BCUT2D eigenvalue weighted by atomic mass is 14.9. The summed E-state index contributed by atoms with van der Waals surface area (Å²) in [5.41, 5.74) is 2.29. The Morgan fingerprint density at radius 2 is 0.732 bits per heavy atom. The number of benzene rings is 8. The fraction of sp³-hybridized carbons (Fsp3) is 0.105. The predicted molar refractivity (Wildman–Crippen MR) is 178 cm³/mol. The first kappa shape index (κ1) is 24.0. The fourth-order valence-corrected chi connectivity index (χ4v) is 6.46. The summed E-state index contributed by atoms with van der Waals surface area (Å²) < 4.78 is 0. The van der Waals surface area contributed by atoms with Gasteiger partial charge in [0.1, 0.15) is 0 Å². The molecular formula is C38H29N3. The zero-order valence-electron chi connectivity index (χ0n) is 22.8. The van der Waals surface area contributed by atoms with E-state index in [1.165, 1.54) is 64.6 Å². The van der Waals surface area contributed by atoms with Gasteiger partial charge in [0, 0.05) is 25.5 Å². The van der Waals surface area contributed by atoms with Crippen molar-refractivity contribution in [3.05, 3.63) is 120 Å². The largest absolute Gasteiger partial charge is 0.313 e. The van der Waals surface area contributed by atoms with Crippen molar-refractivity contribution >= 4 is 77.1 Å². The van der Waals surface area contributed by atoms with Crippen LogP contribution in [0.4, 0.5) is 0 Å². The van der Waals surface area contributed by atoms with E-state index in [1.807, 2.05) is 12.4 Å². The molecular weight excluding hydrogens is 498 g/mol. The molecule has 0 bridgehead atoms. The van der Waals surface area contributed by atoms with E-state index >= 15 is 0 Å². The summed E-state index contributed by atoms with van der Waals surface area (Å²) in [5.74, 6) is 0. The zero-order chi connectivity index (χ0) is 27.2. The number of hydrogen-bond donors (Lipinski definition) is 1. The van der Waals surface area contributed by atoms with Gasteiger partial charge >= 0.3 is 0 Å². The zero-order valence-corrected chi connectivity index (χ0v) is 22.8. The Morgan fingerprint density at radius 1 is 0.415 bits per heavy atom. The van der Waals surface area contributed by atoms with E-state index in [2.05, 4.69) is 124 Å². The van der Waals surface area contributed by atoms with Gasteiger partial charge in [0.2, 0.25) is 0 Å². The average Bonchev–Trinajstić information content (AvgIpc) is 3.01. The lowest BCUT2D eigenvalue weighted by atomic mass is 9.93. The summed E-state index contributed by atoms with van der Waals surface area (Å²) in [6.45, 7) is 3.15. The van der Waals surface area contributed by atoms with Crippen molar-refractivity contribution in [2.24, 2.45) is 9.98 Å². The molecule has 196 valence electrons. The molecule has 3 nitrogen and oxygen atoms in total. The molecule has 3 heteroatoms. The first-order valence-corrected chi connectivity index (χ1v) is 14.4. The van der Waals surface area contributed by atoms with Crippen LogP contribution < -0.4 is 5.32 Å². The van der Waals surface area contributed by atoms with Crippen molar-refractivity contribution in [1.29, 1.82) is 0 Å². The van der Waals surface area contributed by atoms with Gasteiger partial charge in [-0.1, -0.05) is 84.9 Å². The molecule has 8 aromatic carbocycles. The number of rotatable bonds is 8.